The summed E-state index contributed by atoms with van der Waals surface area (Å²) in [6, 6.07) is 2.34. The predicted molar refractivity (Wildman–Crippen MR) is 49.1 cm³/mol. The molecule has 1 atom stereocenters. The van der Waals surface area contributed by atoms with Crippen molar-refractivity contribution in [3.8, 4) is 6.07 Å². The summed E-state index contributed by atoms with van der Waals surface area (Å²) < 4.78 is 1.92. The number of aryl methyl sites for hydroxylation is 2. The van der Waals surface area contributed by atoms with Gasteiger partial charge in [0.2, 0.25) is 0 Å². The largest absolute Gasteiger partial charge is 0.272 e. The summed E-state index contributed by atoms with van der Waals surface area (Å²) in [7, 11) is 1.97. The molecule has 0 fully saturated rings. The average molecular weight is 175 g/mol. The van der Waals surface area contributed by atoms with E-state index < -0.39 is 0 Å². The molecular formula is C10H13N3. The van der Waals surface area contributed by atoms with E-state index in [1.165, 1.54) is 17.0 Å². The summed E-state index contributed by atoms with van der Waals surface area (Å²) in [6.07, 6.45) is 2.83. The lowest BCUT2D eigenvalue weighted by atomic mass is 9.88. The van der Waals surface area contributed by atoms with Crippen LogP contribution in [0.4, 0.5) is 0 Å². The summed E-state index contributed by atoms with van der Waals surface area (Å²) in [4.78, 5) is 0. The third-order valence-electron chi connectivity index (χ3n) is 2.90. The molecule has 2 rings (SSSR count). The van der Waals surface area contributed by atoms with E-state index in [4.69, 9.17) is 5.26 Å². The number of rotatable bonds is 0. The molecule has 1 unspecified atom stereocenters. The van der Waals surface area contributed by atoms with Crippen molar-refractivity contribution in [3.63, 3.8) is 0 Å². The Morgan fingerprint density at radius 3 is 3.08 bits per heavy atom. The molecule has 0 aromatic carbocycles. The highest BCUT2D eigenvalue weighted by atomic mass is 15.3. The minimum Gasteiger partial charge on any atom is -0.272 e. The van der Waals surface area contributed by atoms with Crippen molar-refractivity contribution in [3.05, 3.63) is 17.0 Å². The maximum absolute atomic E-state index is 8.84. The minimum atomic E-state index is 0.204. The van der Waals surface area contributed by atoms with Crippen LogP contribution < -0.4 is 0 Å². The van der Waals surface area contributed by atoms with Gasteiger partial charge in [-0.15, -0.1) is 0 Å². The number of hydrogen-bond acceptors (Lipinski definition) is 2. The van der Waals surface area contributed by atoms with E-state index in [0.717, 1.165) is 19.3 Å². The fourth-order valence-electron chi connectivity index (χ4n) is 1.96. The van der Waals surface area contributed by atoms with Crippen LogP contribution in [0.2, 0.25) is 0 Å². The van der Waals surface area contributed by atoms with Gasteiger partial charge in [0.25, 0.3) is 0 Å². The van der Waals surface area contributed by atoms with E-state index in [1.54, 1.807) is 0 Å². The Kier molecular flexibility index (Phi) is 1.84. The van der Waals surface area contributed by atoms with E-state index in [-0.39, 0.29) is 5.92 Å². The first-order valence-corrected chi connectivity index (χ1v) is 4.63. The van der Waals surface area contributed by atoms with Crippen LogP contribution in [0.5, 0.6) is 0 Å². The van der Waals surface area contributed by atoms with Crippen molar-refractivity contribution in [2.75, 3.05) is 0 Å². The molecule has 0 radical (unpaired) electrons. The van der Waals surface area contributed by atoms with Crippen molar-refractivity contribution >= 4 is 0 Å². The molecule has 0 saturated heterocycles. The molecule has 1 heterocycles. The summed E-state index contributed by atoms with van der Waals surface area (Å²) >= 11 is 0. The Morgan fingerprint density at radius 1 is 1.62 bits per heavy atom. The highest BCUT2D eigenvalue weighted by molar-refractivity contribution is 5.29. The Bertz CT molecular complexity index is 370. The number of fused-ring (bicyclic) bond motifs is 1. The Labute approximate surface area is 78.0 Å². The van der Waals surface area contributed by atoms with Gasteiger partial charge in [0.15, 0.2) is 0 Å². The molecule has 0 N–H and O–H groups in total. The van der Waals surface area contributed by atoms with Crippen LogP contribution in [-0.4, -0.2) is 9.78 Å². The molecule has 13 heavy (non-hydrogen) atoms. The van der Waals surface area contributed by atoms with Gasteiger partial charge >= 0.3 is 0 Å². The molecule has 68 valence electrons. The van der Waals surface area contributed by atoms with Gasteiger partial charge in [0, 0.05) is 12.7 Å². The Hall–Kier alpha value is -1.30. The lowest BCUT2D eigenvalue weighted by molar-refractivity contribution is 0.557. The van der Waals surface area contributed by atoms with Crippen LogP contribution in [0.25, 0.3) is 0 Å². The zero-order chi connectivity index (χ0) is 9.42. The van der Waals surface area contributed by atoms with Crippen LogP contribution in [0, 0.1) is 24.2 Å². The van der Waals surface area contributed by atoms with Crippen LogP contribution >= 0.6 is 0 Å². The first kappa shape index (κ1) is 8.31. The molecule has 3 heteroatoms. The third kappa shape index (κ3) is 1.23. The molecule has 1 aliphatic carbocycles. The fraction of sp³-hybridized carbons (Fsp3) is 0.600. The van der Waals surface area contributed by atoms with Gasteiger partial charge in [0.1, 0.15) is 0 Å². The van der Waals surface area contributed by atoms with Crippen molar-refractivity contribution in [1.82, 2.24) is 9.78 Å². The van der Waals surface area contributed by atoms with Crippen LogP contribution in [0.1, 0.15) is 23.4 Å². The second-order valence-corrected chi connectivity index (χ2v) is 3.70. The van der Waals surface area contributed by atoms with Gasteiger partial charge in [-0.2, -0.15) is 10.4 Å². The van der Waals surface area contributed by atoms with E-state index in [0.29, 0.717) is 0 Å². The average Bonchev–Trinajstić information content (AvgIpc) is 2.43. The molecule has 0 saturated carbocycles. The molecule has 0 spiro atoms. The zero-order valence-electron chi connectivity index (χ0n) is 8.04. The lowest BCUT2D eigenvalue weighted by Gasteiger charge is -2.14. The quantitative estimate of drug-likeness (QED) is 0.597. The van der Waals surface area contributed by atoms with Gasteiger partial charge in [-0.1, -0.05) is 0 Å². The highest BCUT2D eigenvalue weighted by Gasteiger charge is 2.22. The minimum absolute atomic E-state index is 0.204. The molecule has 0 bridgehead atoms. The van der Waals surface area contributed by atoms with E-state index in [9.17, 15) is 0 Å². The van der Waals surface area contributed by atoms with Gasteiger partial charge in [0.05, 0.1) is 17.7 Å². The topological polar surface area (TPSA) is 41.6 Å². The van der Waals surface area contributed by atoms with Crippen molar-refractivity contribution in [2.45, 2.75) is 26.2 Å². The highest BCUT2D eigenvalue weighted by Crippen LogP contribution is 2.26. The SMILES string of the molecule is Cc1c2c(nn1C)CCC(C#N)C2. The van der Waals surface area contributed by atoms with Gasteiger partial charge in [-0.05, 0) is 31.7 Å². The summed E-state index contributed by atoms with van der Waals surface area (Å²) in [5, 5.41) is 13.3. The number of nitriles is 1. The maximum Gasteiger partial charge on any atom is 0.0660 e. The zero-order valence-corrected chi connectivity index (χ0v) is 8.04. The van der Waals surface area contributed by atoms with Gasteiger partial charge < -0.3 is 0 Å². The molecule has 0 aliphatic heterocycles. The smallest absolute Gasteiger partial charge is 0.0660 e. The summed E-state index contributed by atoms with van der Waals surface area (Å²) in [5.41, 5.74) is 3.72. The fourth-order valence-corrected chi connectivity index (χ4v) is 1.96. The summed E-state index contributed by atoms with van der Waals surface area (Å²) in [6.45, 7) is 2.07. The maximum atomic E-state index is 8.84. The number of hydrogen-bond donors (Lipinski definition) is 0. The van der Waals surface area contributed by atoms with Gasteiger partial charge in [-0.25, -0.2) is 0 Å². The molecule has 1 aromatic heterocycles. The molecule has 3 nitrogen and oxygen atoms in total. The first-order chi connectivity index (χ1) is 6.22. The first-order valence-electron chi connectivity index (χ1n) is 4.63. The van der Waals surface area contributed by atoms with Crippen LogP contribution in [0.15, 0.2) is 0 Å². The van der Waals surface area contributed by atoms with Crippen molar-refractivity contribution in [1.29, 1.82) is 5.26 Å². The van der Waals surface area contributed by atoms with Crippen LogP contribution in [0.3, 0.4) is 0 Å². The van der Waals surface area contributed by atoms with Gasteiger partial charge in [-0.3, -0.25) is 4.68 Å². The molecule has 0 amide bonds. The predicted octanol–water partition coefficient (Wildman–Crippen LogP) is 1.36. The molecule has 1 aliphatic rings. The van der Waals surface area contributed by atoms with E-state index in [2.05, 4.69) is 18.1 Å². The van der Waals surface area contributed by atoms with E-state index >= 15 is 0 Å². The Morgan fingerprint density at radius 2 is 2.38 bits per heavy atom. The van der Waals surface area contributed by atoms with Crippen molar-refractivity contribution < 1.29 is 0 Å². The van der Waals surface area contributed by atoms with Crippen LogP contribution in [-0.2, 0) is 19.9 Å². The normalized spacial score (nSPS) is 20.8. The monoisotopic (exact) mass is 175 g/mol. The number of nitrogens with zero attached hydrogens (tertiary/aromatic N) is 3. The molecular weight excluding hydrogens is 162 g/mol. The van der Waals surface area contributed by atoms with Crippen molar-refractivity contribution in [2.24, 2.45) is 13.0 Å². The third-order valence-corrected chi connectivity index (χ3v) is 2.90. The Balaban J connectivity index is 2.39. The summed E-state index contributed by atoms with van der Waals surface area (Å²) in [5.74, 6) is 0.204. The molecule has 1 aromatic rings. The second-order valence-electron chi connectivity index (χ2n) is 3.70. The van der Waals surface area contributed by atoms with E-state index in [1.807, 2.05) is 11.7 Å². The standard InChI is InChI=1S/C10H13N3/c1-7-9-5-8(6-11)3-4-10(9)12-13(7)2/h8H,3-5H2,1-2H3. The second kappa shape index (κ2) is 2.88. The number of aromatic nitrogens is 2. The lowest BCUT2D eigenvalue weighted by Crippen LogP contribution is -2.12.